The van der Waals surface area contributed by atoms with Crippen molar-refractivity contribution in [3.05, 3.63) is 113 Å². The van der Waals surface area contributed by atoms with Gasteiger partial charge in [0.25, 0.3) is 5.91 Å². The molecule has 0 saturated carbocycles. The lowest BCUT2D eigenvalue weighted by atomic mass is 10.1. The van der Waals surface area contributed by atoms with Crippen LogP contribution in [0.2, 0.25) is 5.02 Å². The van der Waals surface area contributed by atoms with Crippen molar-refractivity contribution in [3.63, 3.8) is 0 Å². The molecular weight excluding hydrogens is 458 g/mol. The highest BCUT2D eigenvalue weighted by atomic mass is 35.5. The Hall–Kier alpha value is -3.48. The molecule has 1 amide bonds. The zero-order valence-electron chi connectivity index (χ0n) is 17.4. The first-order valence-corrected chi connectivity index (χ1v) is 11.4. The van der Waals surface area contributed by atoms with Gasteiger partial charge in [-0.25, -0.2) is 4.79 Å². The molecule has 3 aromatic carbocycles. The molecule has 1 aliphatic heterocycles. The van der Waals surface area contributed by atoms with Crippen LogP contribution in [0.3, 0.4) is 0 Å². The summed E-state index contributed by atoms with van der Waals surface area (Å²) in [7, 11) is 0. The predicted molar refractivity (Wildman–Crippen MR) is 127 cm³/mol. The van der Waals surface area contributed by atoms with E-state index in [1.165, 1.54) is 18.0 Å². The summed E-state index contributed by atoms with van der Waals surface area (Å²) in [6.45, 7) is 0.348. The first-order valence-electron chi connectivity index (χ1n) is 10.3. The largest absolute Gasteiger partial charge is 0.466 e. The number of ether oxygens (including phenoxy) is 1. The van der Waals surface area contributed by atoms with Crippen molar-refractivity contribution in [1.29, 1.82) is 0 Å². The van der Waals surface area contributed by atoms with Crippen molar-refractivity contribution in [1.82, 2.24) is 0 Å². The number of fused-ring (bicyclic) bond motifs is 2. The summed E-state index contributed by atoms with van der Waals surface area (Å²) < 4.78 is 10.6. The second kappa shape index (κ2) is 9.17. The Morgan fingerprint density at radius 1 is 0.970 bits per heavy atom. The minimum Gasteiger partial charge on any atom is -0.466 e. The Morgan fingerprint density at radius 2 is 1.85 bits per heavy atom. The minimum absolute atomic E-state index is 0.0360. The SMILES string of the molecule is O=C(OCc1ccco1)c1ccc2c(c1)N(Cc1cccc(Cl)c1)C(=O)c1ccccc1S2. The van der Waals surface area contributed by atoms with Gasteiger partial charge in [0.05, 0.1) is 29.6 Å². The maximum Gasteiger partial charge on any atom is 0.338 e. The van der Waals surface area contributed by atoms with E-state index < -0.39 is 5.97 Å². The Morgan fingerprint density at radius 3 is 2.67 bits per heavy atom. The van der Waals surface area contributed by atoms with E-state index in [1.54, 1.807) is 35.2 Å². The van der Waals surface area contributed by atoms with Crippen LogP contribution in [0, 0.1) is 0 Å². The maximum absolute atomic E-state index is 13.6. The fourth-order valence-corrected chi connectivity index (χ4v) is 4.91. The summed E-state index contributed by atoms with van der Waals surface area (Å²) in [5, 5.41) is 0.597. The van der Waals surface area contributed by atoms with E-state index in [-0.39, 0.29) is 12.5 Å². The Bertz CT molecular complexity index is 1340. The van der Waals surface area contributed by atoms with E-state index in [2.05, 4.69) is 0 Å². The standard InChI is InChI=1S/C26H18ClNO4S/c27-19-6-3-5-17(13-19)15-28-22-14-18(26(30)32-16-20-7-4-12-31-20)10-11-24(22)33-23-9-2-1-8-21(23)25(28)29/h1-14H,15-16H2. The molecule has 2 heterocycles. The molecule has 5 nitrogen and oxygen atoms in total. The fourth-order valence-electron chi connectivity index (χ4n) is 3.64. The number of hydrogen-bond donors (Lipinski definition) is 0. The molecular formula is C26H18ClNO4S. The van der Waals surface area contributed by atoms with E-state index in [0.717, 1.165) is 15.4 Å². The predicted octanol–water partition coefficient (Wildman–Crippen LogP) is 6.60. The minimum atomic E-state index is -0.490. The Balaban J connectivity index is 1.52. The van der Waals surface area contributed by atoms with Gasteiger partial charge in [-0.1, -0.05) is 47.6 Å². The summed E-state index contributed by atoms with van der Waals surface area (Å²) in [6, 6.07) is 23.7. The van der Waals surface area contributed by atoms with Crippen molar-refractivity contribution in [3.8, 4) is 0 Å². The van der Waals surface area contributed by atoms with Gasteiger partial charge in [-0.3, -0.25) is 4.79 Å². The topological polar surface area (TPSA) is 59.8 Å². The van der Waals surface area contributed by atoms with Crippen LogP contribution in [-0.2, 0) is 17.9 Å². The summed E-state index contributed by atoms with van der Waals surface area (Å²) in [5.41, 5.74) is 2.50. The molecule has 0 N–H and O–H groups in total. The third-order valence-electron chi connectivity index (χ3n) is 5.22. The van der Waals surface area contributed by atoms with Gasteiger partial charge in [0.15, 0.2) is 0 Å². The Labute approximate surface area is 199 Å². The van der Waals surface area contributed by atoms with Crippen molar-refractivity contribution in [2.24, 2.45) is 0 Å². The van der Waals surface area contributed by atoms with E-state index in [9.17, 15) is 9.59 Å². The van der Waals surface area contributed by atoms with Crippen molar-refractivity contribution < 1.29 is 18.7 Å². The van der Waals surface area contributed by atoms with Crippen LogP contribution in [-0.4, -0.2) is 11.9 Å². The molecule has 1 aromatic heterocycles. The molecule has 164 valence electrons. The number of halogens is 1. The summed E-state index contributed by atoms with van der Waals surface area (Å²) in [5.74, 6) is -0.0732. The monoisotopic (exact) mass is 475 g/mol. The van der Waals surface area contributed by atoms with Gasteiger partial charge in [-0.05, 0) is 60.2 Å². The lowest BCUT2D eigenvalue weighted by molar-refractivity contribution is 0.0445. The molecule has 0 spiro atoms. The summed E-state index contributed by atoms with van der Waals surface area (Å²) in [6.07, 6.45) is 1.53. The smallest absolute Gasteiger partial charge is 0.338 e. The number of rotatable bonds is 5. The molecule has 5 rings (SSSR count). The zero-order valence-corrected chi connectivity index (χ0v) is 18.9. The van der Waals surface area contributed by atoms with E-state index in [4.69, 9.17) is 20.8 Å². The number of hydrogen-bond acceptors (Lipinski definition) is 5. The van der Waals surface area contributed by atoms with Gasteiger partial charge in [-0.15, -0.1) is 0 Å². The number of amides is 1. The number of nitrogens with zero attached hydrogens (tertiary/aromatic N) is 1. The van der Waals surface area contributed by atoms with Crippen LogP contribution >= 0.6 is 23.4 Å². The number of carbonyl (C=O) groups is 2. The summed E-state index contributed by atoms with van der Waals surface area (Å²) >= 11 is 7.68. The molecule has 1 aliphatic rings. The molecule has 0 saturated heterocycles. The normalized spacial score (nSPS) is 12.6. The van der Waals surface area contributed by atoms with Crippen LogP contribution in [0.1, 0.15) is 32.0 Å². The van der Waals surface area contributed by atoms with E-state index in [0.29, 0.717) is 34.1 Å². The van der Waals surface area contributed by atoms with E-state index in [1.807, 2.05) is 48.5 Å². The van der Waals surface area contributed by atoms with Gasteiger partial charge in [0, 0.05) is 14.8 Å². The van der Waals surface area contributed by atoms with Crippen LogP contribution in [0.4, 0.5) is 5.69 Å². The second-order valence-corrected chi connectivity index (χ2v) is 8.98. The molecule has 7 heteroatoms. The summed E-state index contributed by atoms with van der Waals surface area (Å²) in [4.78, 5) is 29.8. The van der Waals surface area contributed by atoms with E-state index >= 15 is 0 Å². The van der Waals surface area contributed by atoms with Crippen molar-refractivity contribution >= 4 is 40.9 Å². The second-order valence-electron chi connectivity index (χ2n) is 7.46. The quantitative estimate of drug-likeness (QED) is 0.304. The first kappa shape index (κ1) is 21.4. The number of furan rings is 1. The van der Waals surface area contributed by atoms with Gasteiger partial charge in [0.1, 0.15) is 12.4 Å². The number of carbonyl (C=O) groups excluding carboxylic acids is 2. The van der Waals surface area contributed by atoms with Crippen LogP contribution in [0.15, 0.2) is 99.3 Å². The fraction of sp³-hybridized carbons (Fsp3) is 0.0769. The number of benzene rings is 3. The average Bonchev–Trinajstić information content (AvgIpc) is 3.31. The highest BCUT2D eigenvalue weighted by Crippen LogP contribution is 2.42. The van der Waals surface area contributed by atoms with Gasteiger partial charge in [-0.2, -0.15) is 0 Å². The van der Waals surface area contributed by atoms with Crippen molar-refractivity contribution in [2.45, 2.75) is 22.9 Å². The molecule has 0 atom stereocenters. The third kappa shape index (κ3) is 4.53. The van der Waals surface area contributed by atoms with Crippen LogP contribution in [0.5, 0.6) is 0 Å². The highest BCUT2D eigenvalue weighted by Gasteiger charge is 2.28. The zero-order chi connectivity index (χ0) is 22.8. The Kier molecular flexibility index (Phi) is 5.94. The number of anilines is 1. The molecule has 0 radical (unpaired) electrons. The van der Waals surface area contributed by atoms with Crippen LogP contribution < -0.4 is 4.90 Å². The molecule has 4 aromatic rings. The molecule has 0 aliphatic carbocycles. The first-order chi connectivity index (χ1) is 16.1. The molecule has 0 bridgehead atoms. The maximum atomic E-state index is 13.6. The van der Waals surface area contributed by atoms with Crippen molar-refractivity contribution in [2.75, 3.05) is 4.90 Å². The lowest BCUT2D eigenvalue weighted by Crippen LogP contribution is -2.30. The molecule has 33 heavy (non-hydrogen) atoms. The van der Waals surface area contributed by atoms with Crippen LogP contribution in [0.25, 0.3) is 0 Å². The lowest BCUT2D eigenvalue weighted by Gasteiger charge is -2.24. The van der Waals surface area contributed by atoms with Gasteiger partial charge >= 0.3 is 5.97 Å². The third-order valence-corrected chi connectivity index (χ3v) is 6.60. The van der Waals surface area contributed by atoms with Gasteiger partial charge in [0.2, 0.25) is 0 Å². The molecule has 0 unspecified atom stereocenters. The van der Waals surface area contributed by atoms with Gasteiger partial charge < -0.3 is 14.1 Å². The highest BCUT2D eigenvalue weighted by molar-refractivity contribution is 7.99. The number of esters is 1. The average molecular weight is 476 g/mol. The molecule has 0 fully saturated rings.